The van der Waals surface area contributed by atoms with Gasteiger partial charge in [-0.2, -0.15) is 0 Å². The van der Waals surface area contributed by atoms with Crippen LogP contribution in [-0.2, 0) is 0 Å². The number of hydrogen-bond acceptors (Lipinski definition) is 1. The molecule has 0 aromatic heterocycles. The Morgan fingerprint density at radius 3 is 1.93 bits per heavy atom. The average molecular weight is 199 g/mol. The molecule has 0 saturated heterocycles. The summed E-state index contributed by atoms with van der Waals surface area (Å²) in [6.07, 6.45) is 2.58. The fourth-order valence-electron chi connectivity index (χ4n) is 1.78. The molecule has 3 atom stereocenters. The van der Waals surface area contributed by atoms with Gasteiger partial charge in [0, 0.05) is 6.04 Å². The lowest BCUT2D eigenvalue weighted by molar-refractivity contribution is 0.330. The molecule has 0 aliphatic heterocycles. The standard InChI is InChI=1S/C13H29N/c1-7-11(4)12(5)9-14-13(6)8-10(2)3/h10-14H,7-9H2,1-6H3/t11?,12?,13-/m0/s1. The maximum Gasteiger partial charge on any atom is 0.00412 e. The van der Waals surface area contributed by atoms with Gasteiger partial charge in [0.1, 0.15) is 0 Å². The van der Waals surface area contributed by atoms with Crippen molar-refractivity contribution in [3.8, 4) is 0 Å². The Morgan fingerprint density at radius 2 is 1.50 bits per heavy atom. The molecule has 0 spiro atoms. The van der Waals surface area contributed by atoms with E-state index >= 15 is 0 Å². The summed E-state index contributed by atoms with van der Waals surface area (Å²) in [5.41, 5.74) is 0. The molecule has 0 aromatic rings. The van der Waals surface area contributed by atoms with Crippen LogP contribution in [0.5, 0.6) is 0 Å². The Morgan fingerprint density at radius 1 is 0.929 bits per heavy atom. The van der Waals surface area contributed by atoms with Crippen molar-refractivity contribution in [3.63, 3.8) is 0 Å². The van der Waals surface area contributed by atoms with Crippen molar-refractivity contribution in [1.29, 1.82) is 0 Å². The minimum absolute atomic E-state index is 0.668. The molecule has 14 heavy (non-hydrogen) atoms. The molecule has 86 valence electrons. The van der Waals surface area contributed by atoms with Gasteiger partial charge in [-0.25, -0.2) is 0 Å². The van der Waals surface area contributed by atoms with E-state index in [0.29, 0.717) is 6.04 Å². The topological polar surface area (TPSA) is 12.0 Å². The van der Waals surface area contributed by atoms with Crippen LogP contribution in [0.1, 0.15) is 54.4 Å². The fraction of sp³-hybridized carbons (Fsp3) is 1.00. The van der Waals surface area contributed by atoms with E-state index in [4.69, 9.17) is 0 Å². The van der Waals surface area contributed by atoms with Gasteiger partial charge in [0.25, 0.3) is 0 Å². The molecule has 0 heterocycles. The van der Waals surface area contributed by atoms with Crippen molar-refractivity contribution in [2.45, 2.75) is 60.4 Å². The van der Waals surface area contributed by atoms with Crippen molar-refractivity contribution in [2.24, 2.45) is 17.8 Å². The maximum atomic E-state index is 3.63. The van der Waals surface area contributed by atoms with Crippen LogP contribution in [0.2, 0.25) is 0 Å². The molecule has 0 fully saturated rings. The Balaban J connectivity index is 3.60. The normalized spacial score (nSPS) is 18.2. The van der Waals surface area contributed by atoms with Gasteiger partial charge in [-0.3, -0.25) is 0 Å². The SMILES string of the molecule is CCC(C)C(C)CN[C@@H](C)CC(C)C. The highest BCUT2D eigenvalue weighted by Gasteiger charge is 2.11. The molecule has 1 N–H and O–H groups in total. The Bertz CT molecular complexity index is 131. The van der Waals surface area contributed by atoms with E-state index in [1.165, 1.54) is 19.4 Å². The monoisotopic (exact) mass is 199 g/mol. The summed E-state index contributed by atoms with van der Waals surface area (Å²) in [5.74, 6) is 2.44. The minimum Gasteiger partial charge on any atom is -0.314 e. The third kappa shape index (κ3) is 6.42. The second kappa shape index (κ2) is 7.28. The first-order valence-electron chi connectivity index (χ1n) is 6.20. The van der Waals surface area contributed by atoms with Gasteiger partial charge in [0.15, 0.2) is 0 Å². The number of nitrogens with one attached hydrogen (secondary N) is 1. The Kier molecular flexibility index (Phi) is 7.26. The van der Waals surface area contributed by atoms with Crippen LogP contribution in [0.15, 0.2) is 0 Å². The zero-order valence-corrected chi connectivity index (χ0v) is 10.9. The third-order valence-electron chi connectivity index (χ3n) is 3.23. The van der Waals surface area contributed by atoms with Crippen LogP contribution < -0.4 is 5.32 Å². The van der Waals surface area contributed by atoms with E-state index in [9.17, 15) is 0 Å². The summed E-state index contributed by atoms with van der Waals surface area (Å²) in [6, 6.07) is 0.668. The van der Waals surface area contributed by atoms with Crippen molar-refractivity contribution >= 4 is 0 Å². The van der Waals surface area contributed by atoms with Crippen molar-refractivity contribution < 1.29 is 0 Å². The second-order valence-electron chi connectivity index (χ2n) is 5.30. The molecule has 1 nitrogen and oxygen atoms in total. The highest BCUT2D eigenvalue weighted by Crippen LogP contribution is 2.14. The molecule has 1 heteroatoms. The van der Waals surface area contributed by atoms with E-state index in [-0.39, 0.29) is 0 Å². The summed E-state index contributed by atoms with van der Waals surface area (Å²) >= 11 is 0. The number of hydrogen-bond donors (Lipinski definition) is 1. The van der Waals surface area contributed by atoms with Gasteiger partial charge in [-0.15, -0.1) is 0 Å². The zero-order valence-electron chi connectivity index (χ0n) is 10.9. The van der Waals surface area contributed by atoms with Crippen LogP contribution in [0.4, 0.5) is 0 Å². The van der Waals surface area contributed by atoms with Gasteiger partial charge >= 0.3 is 0 Å². The van der Waals surface area contributed by atoms with Gasteiger partial charge in [0.2, 0.25) is 0 Å². The first-order valence-corrected chi connectivity index (χ1v) is 6.20. The quantitative estimate of drug-likeness (QED) is 0.659. The lowest BCUT2D eigenvalue weighted by Crippen LogP contribution is -2.33. The molecule has 0 aliphatic rings. The summed E-state index contributed by atoms with van der Waals surface area (Å²) < 4.78 is 0. The van der Waals surface area contributed by atoms with Gasteiger partial charge in [0.05, 0.1) is 0 Å². The van der Waals surface area contributed by atoms with Crippen molar-refractivity contribution in [3.05, 3.63) is 0 Å². The molecule has 0 radical (unpaired) electrons. The van der Waals surface area contributed by atoms with Gasteiger partial charge < -0.3 is 5.32 Å². The van der Waals surface area contributed by atoms with Crippen LogP contribution in [-0.4, -0.2) is 12.6 Å². The predicted octanol–water partition coefficient (Wildman–Crippen LogP) is 3.69. The highest BCUT2D eigenvalue weighted by molar-refractivity contribution is 4.68. The fourth-order valence-corrected chi connectivity index (χ4v) is 1.78. The van der Waals surface area contributed by atoms with Crippen LogP contribution >= 0.6 is 0 Å². The molecule has 0 aromatic carbocycles. The van der Waals surface area contributed by atoms with Crippen LogP contribution in [0.3, 0.4) is 0 Å². The van der Waals surface area contributed by atoms with Crippen LogP contribution in [0, 0.1) is 17.8 Å². The summed E-state index contributed by atoms with van der Waals surface area (Å²) in [4.78, 5) is 0. The number of rotatable bonds is 7. The highest BCUT2D eigenvalue weighted by atomic mass is 14.9. The smallest absolute Gasteiger partial charge is 0.00412 e. The molecule has 0 amide bonds. The van der Waals surface area contributed by atoms with Crippen molar-refractivity contribution in [2.75, 3.05) is 6.54 Å². The molecule has 0 saturated carbocycles. The lowest BCUT2D eigenvalue weighted by atomic mass is 9.93. The second-order valence-corrected chi connectivity index (χ2v) is 5.30. The summed E-state index contributed by atoms with van der Waals surface area (Å²) in [6.45, 7) is 15.0. The van der Waals surface area contributed by atoms with Gasteiger partial charge in [-0.1, -0.05) is 41.0 Å². The molecule has 2 unspecified atom stereocenters. The Hall–Kier alpha value is -0.0400. The first-order chi connectivity index (χ1) is 6.47. The third-order valence-corrected chi connectivity index (χ3v) is 3.23. The molecular weight excluding hydrogens is 170 g/mol. The van der Waals surface area contributed by atoms with E-state index < -0.39 is 0 Å². The molecule has 0 aliphatic carbocycles. The minimum atomic E-state index is 0.668. The van der Waals surface area contributed by atoms with Crippen molar-refractivity contribution in [1.82, 2.24) is 5.32 Å². The summed E-state index contributed by atoms with van der Waals surface area (Å²) in [7, 11) is 0. The Labute approximate surface area is 90.7 Å². The van der Waals surface area contributed by atoms with E-state index in [1.807, 2.05) is 0 Å². The molecular formula is C13H29N. The zero-order chi connectivity index (χ0) is 11.1. The maximum absolute atomic E-state index is 3.63. The van der Waals surface area contributed by atoms with E-state index in [2.05, 4.69) is 46.9 Å². The van der Waals surface area contributed by atoms with E-state index in [1.54, 1.807) is 0 Å². The predicted molar refractivity (Wildman–Crippen MR) is 65.5 cm³/mol. The first kappa shape index (κ1) is 14.0. The molecule has 0 bridgehead atoms. The average Bonchev–Trinajstić information content (AvgIpc) is 2.11. The van der Waals surface area contributed by atoms with Gasteiger partial charge in [-0.05, 0) is 37.6 Å². The lowest BCUT2D eigenvalue weighted by Gasteiger charge is -2.22. The molecule has 0 rings (SSSR count). The van der Waals surface area contributed by atoms with E-state index in [0.717, 1.165) is 17.8 Å². The largest absolute Gasteiger partial charge is 0.314 e. The van der Waals surface area contributed by atoms with Crippen LogP contribution in [0.25, 0.3) is 0 Å². The summed E-state index contributed by atoms with van der Waals surface area (Å²) in [5, 5.41) is 3.63.